The van der Waals surface area contributed by atoms with E-state index in [4.69, 9.17) is 5.11 Å². The van der Waals surface area contributed by atoms with Crippen LogP contribution in [-0.4, -0.2) is 46.0 Å². The third kappa shape index (κ3) is 3.14. The molecule has 1 fully saturated rings. The van der Waals surface area contributed by atoms with Crippen molar-refractivity contribution in [3.05, 3.63) is 0 Å². The van der Waals surface area contributed by atoms with E-state index >= 15 is 0 Å². The van der Waals surface area contributed by atoms with Gasteiger partial charge in [0, 0.05) is 18.2 Å². The molecule has 1 aliphatic heterocycles. The van der Waals surface area contributed by atoms with Crippen LogP contribution in [0.1, 0.15) is 26.7 Å². The fraction of sp³-hybridized carbons (Fsp3) is 0.818. The topological polar surface area (TPSA) is 57.6 Å². The molecule has 0 aliphatic carbocycles. The molecule has 0 saturated carbocycles. The van der Waals surface area contributed by atoms with E-state index in [-0.39, 0.29) is 11.8 Å². The minimum absolute atomic E-state index is 0.00847. The average Bonchev–Trinajstić information content (AvgIpc) is 2.73. The zero-order valence-corrected chi connectivity index (χ0v) is 10.6. The number of likely N-dealkylation sites (tertiary alicyclic amines) is 1. The van der Waals surface area contributed by atoms with E-state index in [2.05, 4.69) is 6.92 Å². The van der Waals surface area contributed by atoms with Crippen molar-refractivity contribution in [1.82, 2.24) is 4.90 Å². The van der Waals surface area contributed by atoms with Gasteiger partial charge in [0.25, 0.3) is 0 Å². The summed E-state index contributed by atoms with van der Waals surface area (Å²) in [4.78, 5) is 24.5. The highest BCUT2D eigenvalue weighted by Gasteiger charge is 2.35. The number of thioether (sulfide) groups is 1. The molecule has 5 heteroatoms. The molecule has 4 nitrogen and oxygen atoms in total. The summed E-state index contributed by atoms with van der Waals surface area (Å²) in [6, 6.07) is -0.596. The zero-order chi connectivity index (χ0) is 12.1. The second-order valence-electron chi connectivity index (χ2n) is 4.09. The van der Waals surface area contributed by atoms with E-state index in [9.17, 15) is 9.59 Å². The number of carbonyl (C=O) groups is 2. The van der Waals surface area contributed by atoms with Crippen LogP contribution in [0.3, 0.4) is 0 Å². The lowest BCUT2D eigenvalue weighted by molar-refractivity contribution is -0.149. The molecule has 0 aromatic heterocycles. The maximum atomic E-state index is 12.0. The highest BCUT2D eigenvalue weighted by atomic mass is 32.2. The van der Waals surface area contributed by atoms with E-state index in [1.165, 1.54) is 4.90 Å². The predicted octanol–water partition coefficient (Wildman–Crippen LogP) is 1.45. The van der Waals surface area contributed by atoms with E-state index < -0.39 is 12.0 Å². The van der Waals surface area contributed by atoms with Crippen molar-refractivity contribution in [3.63, 3.8) is 0 Å². The molecule has 1 saturated heterocycles. The molecule has 0 radical (unpaired) electrons. The van der Waals surface area contributed by atoms with Crippen molar-refractivity contribution in [2.24, 2.45) is 5.92 Å². The summed E-state index contributed by atoms with van der Waals surface area (Å²) in [5.74, 6) is 0.801. The summed E-state index contributed by atoms with van der Waals surface area (Å²) in [5.41, 5.74) is 0. The molecule has 0 aromatic rings. The molecule has 16 heavy (non-hydrogen) atoms. The lowest BCUT2D eigenvalue weighted by atomic mass is 10.1. The van der Waals surface area contributed by atoms with Crippen LogP contribution in [0.2, 0.25) is 0 Å². The normalized spacial score (nSPS) is 22.1. The zero-order valence-electron chi connectivity index (χ0n) is 9.81. The molecule has 2 atom stereocenters. The molecule has 1 rings (SSSR count). The van der Waals surface area contributed by atoms with Crippen LogP contribution in [-0.2, 0) is 9.59 Å². The van der Waals surface area contributed by atoms with Gasteiger partial charge in [-0.25, -0.2) is 4.79 Å². The summed E-state index contributed by atoms with van der Waals surface area (Å²) in [6.07, 6.45) is 1.39. The third-order valence-corrected chi connectivity index (χ3v) is 3.96. The monoisotopic (exact) mass is 245 g/mol. The van der Waals surface area contributed by atoms with Gasteiger partial charge in [-0.1, -0.05) is 13.8 Å². The molecular formula is C11H19NO3S. The number of nitrogens with zero attached hydrogens (tertiary/aromatic N) is 1. The first-order chi connectivity index (χ1) is 7.57. The first-order valence-electron chi connectivity index (χ1n) is 5.69. The van der Waals surface area contributed by atoms with Crippen molar-refractivity contribution < 1.29 is 14.7 Å². The Morgan fingerprint density at radius 3 is 2.81 bits per heavy atom. The lowest BCUT2D eigenvalue weighted by Crippen LogP contribution is -2.43. The fourth-order valence-electron chi connectivity index (χ4n) is 1.94. The first kappa shape index (κ1) is 13.4. The fourth-order valence-corrected chi connectivity index (χ4v) is 2.67. The Hall–Kier alpha value is -0.710. The molecule has 1 heterocycles. The van der Waals surface area contributed by atoms with Gasteiger partial charge in [-0.2, -0.15) is 11.8 Å². The second-order valence-corrected chi connectivity index (χ2v) is 5.41. The van der Waals surface area contributed by atoms with E-state index in [0.29, 0.717) is 13.0 Å². The Labute approximate surface area is 100 Å². The maximum Gasteiger partial charge on any atom is 0.326 e. The number of carbonyl (C=O) groups excluding carboxylic acids is 1. The van der Waals surface area contributed by atoms with Gasteiger partial charge in [-0.3, -0.25) is 4.79 Å². The first-order valence-corrected chi connectivity index (χ1v) is 6.84. The van der Waals surface area contributed by atoms with Gasteiger partial charge in [0.1, 0.15) is 6.04 Å². The minimum atomic E-state index is -0.874. The Balaban J connectivity index is 2.55. The molecule has 2 unspecified atom stereocenters. The Morgan fingerprint density at radius 1 is 1.56 bits per heavy atom. The van der Waals surface area contributed by atoms with Crippen molar-refractivity contribution in [3.8, 4) is 0 Å². The summed E-state index contributed by atoms with van der Waals surface area (Å²) in [5, 5.41) is 8.99. The van der Waals surface area contributed by atoms with Crippen molar-refractivity contribution in [2.45, 2.75) is 32.7 Å². The van der Waals surface area contributed by atoms with E-state index in [1.54, 1.807) is 11.8 Å². The van der Waals surface area contributed by atoms with Gasteiger partial charge in [-0.15, -0.1) is 0 Å². The number of hydrogen-bond acceptors (Lipinski definition) is 3. The molecule has 1 amide bonds. The molecule has 0 aromatic carbocycles. The van der Waals surface area contributed by atoms with Gasteiger partial charge in [0.15, 0.2) is 0 Å². The summed E-state index contributed by atoms with van der Waals surface area (Å²) in [7, 11) is 0. The van der Waals surface area contributed by atoms with Crippen LogP contribution in [0, 0.1) is 5.92 Å². The second kappa shape index (κ2) is 6.13. The number of aliphatic carboxylic acids is 1. The average molecular weight is 245 g/mol. The smallest absolute Gasteiger partial charge is 0.326 e. The maximum absolute atomic E-state index is 12.0. The lowest BCUT2D eigenvalue weighted by Gasteiger charge is -2.24. The van der Waals surface area contributed by atoms with Crippen molar-refractivity contribution in [2.75, 3.05) is 18.1 Å². The van der Waals surface area contributed by atoms with Gasteiger partial charge in [0.2, 0.25) is 5.91 Å². The third-order valence-electron chi connectivity index (χ3n) is 2.81. The Kier molecular flexibility index (Phi) is 5.12. The van der Waals surface area contributed by atoms with Gasteiger partial charge >= 0.3 is 5.97 Å². The van der Waals surface area contributed by atoms with E-state index in [0.717, 1.165) is 17.9 Å². The summed E-state index contributed by atoms with van der Waals surface area (Å²) < 4.78 is 0. The van der Waals surface area contributed by atoms with E-state index in [1.807, 2.05) is 6.92 Å². The van der Waals surface area contributed by atoms with Gasteiger partial charge < -0.3 is 10.0 Å². The largest absolute Gasteiger partial charge is 0.480 e. The summed E-state index contributed by atoms with van der Waals surface area (Å²) in [6.45, 7) is 4.52. The molecule has 92 valence electrons. The number of carboxylic acids is 1. The number of hydrogen-bond donors (Lipinski definition) is 1. The quantitative estimate of drug-likeness (QED) is 0.796. The Morgan fingerprint density at radius 2 is 2.25 bits per heavy atom. The highest BCUT2D eigenvalue weighted by Crippen LogP contribution is 2.21. The number of rotatable bonds is 5. The van der Waals surface area contributed by atoms with Crippen LogP contribution in [0.25, 0.3) is 0 Å². The van der Waals surface area contributed by atoms with Crippen LogP contribution in [0.5, 0.6) is 0 Å². The standard InChI is InChI=1S/C11H19NO3S/c1-3-16-7-8(2)10(13)12-6-4-5-9(12)11(14)15/h8-9H,3-7H2,1-2H3,(H,14,15). The van der Waals surface area contributed by atoms with Crippen LogP contribution in [0.4, 0.5) is 0 Å². The molecule has 0 spiro atoms. The van der Waals surface area contributed by atoms with Crippen LogP contribution < -0.4 is 0 Å². The van der Waals surface area contributed by atoms with Crippen LogP contribution in [0.15, 0.2) is 0 Å². The predicted molar refractivity (Wildman–Crippen MR) is 64.5 cm³/mol. The molecule has 0 bridgehead atoms. The molecule has 1 N–H and O–H groups in total. The number of amides is 1. The summed E-state index contributed by atoms with van der Waals surface area (Å²) >= 11 is 1.72. The van der Waals surface area contributed by atoms with Crippen molar-refractivity contribution >= 4 is 23.6 Å². The minimum Gasteiger partial charge on any atom is -0.480 e. The SMILES string of the molecule is CCSCC(C)C(=O)N1CCCC1C(=O)O. The van der Waals surface area contributed by atoms with Crippen LogP contribution >= 0.6 is 11.8 Å². The number of carboxylic acid groups (broad SMARTS) is 1. The molecule has 1 aliphatic rings. The van der Waals surface area contributed by atoms with Gasteiger partial charge in [0.05, 0.1) is 0 Å². The van der Waals surface area contributed by atoms with Crippen molar-refractivity contribution in [1.29, 1.82) is 0 Å². The highest BCUT2D eigenvalue weighted by molar-refractivity contribution is 7.99. The Bertz CT molecular complexity index is 270. The van der Waals surface area contributed by atoms with Gasteiger partial charge in [-0.05, 0) is 18.6 Å². The molecular weight excluding hydrogens is 226 g/mol.